The van der Waals surface area contributed by atoms with Gasteiger partial charge in [-0.1, -0.05) is 46.9 Å². The summed E-state index contributed by atoms with van der Waals surface area (Å²) in [7, 11) is 0. The van der Waals surface area contributed by atoms with Crippen molar-refractivity contribution >= 4 is 86.3 Å². The lowest BCUT2D eigenvalue weighted by atomic mass is 10.2. The Bertz CT molecular complexity index is 802. The monoisotopic (exact) mass is 545 g/mol. The van der Waals surface area contributed by atoms with Gasteiger partial charge in [0.1, 0.15) is 12.0 Å². The van der Waals surface area contributed by atoms with Gasteiger partial charge in [-0.15, -0.1) is 0 Å². The molecular weight excluding hydrogens is 535 g/mol. The number of hydrogen-bond acceptors (Lipinski definition) is 2. The van der Waals surface area contributed by atoms with E-state index in [9.17, 15) is 9.18 Å². The van der Waals surface area contributed by atoms with Crippen LogP contribution in [0.15, 0.2) is 48.5 Å². The van der Waals surface area contributed by atoms with Crippen LogP contribution < -0.4 is 16.0 Å². The van der Waals surface area contributed by atoms with Crippen LogP contribution in [0.3, 0.4) is 0 Å². The van der Waals surface area contributed by atoms with Crippen molar-refractivity contribution < 1.29 is 9.18 Å². The van der Waals surface area contributed by atoms with Crippen molar-refractivity contribution in [2.24, 2.45) is 0 Å². The van der Waals surface area contributed by atoms with E-state index in [1.54, 1.807) is 0 Å². The molecule has 0 heterocycles. The first-order valence-electron chi connectivity index (χ1n) is 7.12. The Morgan fingerprint density at radius 3 is 2.27 bits per heavy atom. The number of thiocarbonyl (C=S) groups is 1. The second-order valence-electron chi connectivity index (χ2n) is 5.03. The van der Waals surface area contributed by atoms with Crippen LogP contribution in [0.2, 0.25) is 0 Å². The fraction of sp³-hybridized carbons (Fsp3) is 0.125. The number of halogens is 5. The molecule has 1 atom stereocenters. The summed E-state index contributed by atoms with van der Waals surface area (Å²) < 4.78 is 12.9. The molecule has 0 saturated carbocycles. The van der Waals surface area contributed by atoms with Gasteiger partial charge < -0.3 is 16.0 Å². The third kappa shape index (κ3) is 6.38. The van der Waals surface area contributed by atoms with Crippen LogP contribution in [-0.4, -0.2) is 21.0 Å². The molecule has 10 heteroatoms. The van der Waals surface area contributed by atoms with Crippen LogP contribution in [0.5, 0.6) is 0 Å². The highest BCUT2D eigenvalue weighted by molar-refractivity contribution is 14.1. The van der Waals surface area contributed by atoms with Gasteiger partial charge in [0.15, 0.2) is 5.11 Å². The number of rotatable bonds is 4. The van der Waals surface area contributed by atoms with Gasteiger partial charge >= 0.3 is 0 Å². The minimum atomic E-state index is -1.93. The van der Waals surface area contributed by atoms with Gasteiger partial charge in [-0.2, -0.15) is 0 Å². The number of carbonyl (C=O) groups excluding carboxylic acids is 1. The Morgan fingerprint density at radius 1 is 1.08 bits per heavy atom. The highest BCUT2D eigenvalue weighted by Gasteiger charge is 2.35. The lowest BCUT2D eigenvalue weighted by Gasteiger charge is -2.27. The Morgan fingerprint density at radius 2 is 1.69 bits per heavy atom. The molecule has 0 aliphatic carbocycles. The average Bonchev–Trinajstić information content (AvgIpc) is 2.56. The van der Waals surface area contributed by atoms with Crippen molar-refractivity contribution in [3.05, 3.63) is 63.5 Å². The van der Waals surface area contributed by atoms with E-state index in [1.165, 1.54) is 18.2 Å². The molecular formula is C16H12Cl3FIN3OS. The van der Waals surface area contributed by atoms with Crippen LogP contribution in [0, 0.1) is 9.39 Å². The Kier molecular flexibility index (Phi) is 7.72. The molecule has 0 aliphatic heterocycles. The zero-order valence-corrected chi connectivity index (χ0v) is 18.1. The second-order valence-corrected chi connectivity index (χ2v) is 9.06. The van der Waals surface area contributed by atoms with Crippen molar-refractivity contribution in [1.82, 2.24) is 10.6 Å². The lowest BCUT2D eigenvalue weighted by Crippen LogP contribution is -2.56. The first-order chi connectivity index (χ1) is 12.2. The minimum absolute atomic E-state index is 0.122. The smallest absolute Gasteiger partial charge is 0.255 e. The summed E-state index contributed by atoms with van der Waals surface area (Å²) in [5.41, 5.74) is 0.538. The molecule has 138 valence electrons. The molecule has 1 unspecified atom stereocenters. The zero-order valence-electron chi connectivity index (χ0n) is 12.9. The molecule has 0 fully saturated rings. The first-order valence-corrected chi connectivity index (χ1v) is 9.74. The molecule has 2 rings (SSSR count). The first kappa shape index (κ1) is 21.4. The van der Waals surface area contributed by atoms with Crippen LogP contribution >= 0.6 is 69.6 Å². The fourth-order valence-electron chi connectivity index (χ4n) is 1.89. The van der Waals surface area contributed by atoms with Gasteiger partial charge in [-0.3, -0.25) is 4.79 Å². The SMILES string of the molecule is O=C(NC(NC(=S)Nc1ccc(I)cc1)C(Cl)(Cl)Cl)c1ccccc1F. The molecule has 0 spiro atoms. The van der Waals surface area contributed by atoms with Crippen LogP contribution in [0.1, 0.15) is 10.4 Å². The number of carbonyl (C=O) groups is 1. The highest BCUT2D eigenvalue weighted by atomic mass is 127. The third-order valence-corrected chi connectivity index (χ3v) is 4.69. The second kappa shape index (κ2) is 9.36. The van der Waals surface area contributed by atoms with Crippen LogP contribution in [0.4, 0.5) is 10.1 Å². The summed E-state index contributed by atoms with van der Waals surface area (Å²) >= 11 is 25.1. The number of amides is 1. The zero-order chi connectivity index (χ0) is 19.3. The van der Waals surface area contributed by atoms with E-state index in [4.69, 9.17) is 47.0 Å². The van der Waals surface area contributed by atoms with Crippen molar-refractivity contribution in [1.29, 1.82) is 0 Å². The van der Waals surface area contributed by atoms with E-state index in [1.807, 2.05) is 24.3 Å². The van der Waals surface area contributed by atoms with Crippen LogP contribution in [0.25, 0.3) is 0 Å². The molecule has 0 aliphatic rings. The predicted molar refractivity (Wildman–Crippen MR) is 116 cm³/mol. The van der Waals surface area contributed by atoms with E-state index >= 15 is 0 Å². The van der Waals surface area contributed by atoms with E-state index in [2.05, 4.69) is 38.5 Å². The summed E-state index contributed by atoms with van der Waals surface area (Å²) in [6.07, 6.45) is -1.19. The molecule has 3 N–H and O–H groups in total. The molecule has 0 bridgehead atoms. The van der Waals surface area contributed by atoms with Gasteiger partial charge in [0.25, 0.3) is 5.91 Å². The highest BCUT2D eigenvalue weighted by Crippen LogP contribution is 2.29. The largest absolute Gasteiger partial charge is 0.339 e. The number of hydrogen-bond donors (Lipinski definition) is 3. The van der Waals surface area contributed by atoms with Gasteiger partial charge in [-0.25, -0.2) is 4.39 Å². The summed E-state index contributed by atoms with van der Waals surface area (Å²) in [6.45, 7) is 0. The van der Waals surface area contributed by atoms with Gasteiger partial charge in [0.2, 0.25) is 3.79 Å². The predicted octanol–water partition coefficient (Wildman–Crippen LogP) is 4.84. The molecule has 2 aromatic carbocycles. The normalized spacial score (nSPS) is 12.2. The number of anilines is 1. The van der Waals surface area contributed by atoms with E-state index in [0.717, 1.165) is 9.64 Å². The maximum atomic E-state index is 13.8. The summed E-state index contributed by atoms with van der Waals surface area (Å²) in [4.78, 5) is 12.3. The van der Waals surface area contributed by atoms with Crippen LogP contribution in [-0.2, 0) is 0 Å². The third-order valence-electron chi connectivity index (χ3n) is 3.10. The minimum Gasteiger partial charge on any atom is -0.339 e. The molecule has 0 aromatic heterocycles. The lowest BCUT2D eigenvalue weighted by molar-refractivity contribution is 0.0930. The van der Waals surface area contributed by atoms with Gasteiger partial charge in [0.05, 0.1) is 5.56 Å². The number of benzene rings is 2. The van der Waals surface area contributed by atoms with Gasteiger partial charge in [0, 0.05) is 9.26 Å². The van der Waals surface area contributed by atoms with Crippen molar-refractivity contribution in [2.45, 2.75) is 9.96 Å². The maximum absolute atomic E-state index is 13.8. The average molecular weight is 547 g/mol. The summed E-state index contributed by atoms with van der Waals surface area (Å²) in [5, 5.41) is 8.17. The topological polar surface area (TPSA) is 53.2 Å². The fourth-order valence-corrected chi connectivity index (χ4v) is 2.81. The van der Waals surface area contributed by atoms with Gasteiger partial charge in [-0.05, 0) is 71.2 Å². The van der Waals surface area contributed by atoms with E-state index < -0.39 is 21.7 Å². The molecule has 0 radical (unpaired) electrons. The number of alkyl halides is 3. The van der Waals surface area contributed by atoms with Crippen molar-refractivity contribution in [3.8, 4) is 0 Å². The van der Waals surface area contributed by atoms with E-state index in [-0.39, 0.29) is 10.7 Å². The summed E-state index contributed by atoms with van der Waals surface area (Å²) in [6, 6.07) is 12.9. The molecule has 1 amide bonds. The standard InChI is InChI=1S/C16H12Cl3FIN3OS/c17-16(18,19)14(23-13(25)11-3-1-2-4-12(11)20)24-15(26)22-10-7-5-9(21)6-8-10/h1-8,14H,(H,23,25)(H2,22,24,26). The van der Waals surface area contributed by atoms with Crippen molar-refractivity contribution in [3.63, 3.8) is 0 Å². The Balaban J connectivity index is 2.07. The molecule has 4 nitrogen and oxygen atoms in total. The molecule has 2 aromatic rings. The number of nitrogens with one attached hydrogen (secondary N) is 3. The van der Waals surface area contributed by atoms with E-state index in [0.29, 0.717) is 5.69 Å². The van der Waals surface area contributed by atoms with Crippen molar-refractivity contribution in [2.75, 3.05) is 5.32 Å². The Hall–Kier alpha value is -0.870. The molecule has 0 saturated heterocycles. The summed E-state index contributed by atoms with van der Waals surface area (Å²) in [5.74, 6) is -1.43. The molecule has 26 heavy (non-hydrogen) atoms. The maximum Gasteiger partial charge on any atom is 0.255 e. The Labute approximate surface area is 183 Å². The quantitative estimate of drug-likeness (QED) is 0.222.